The summed E-state index contributed by atoms with van der Waals surface area (Å²) in [6.45, 7) is 3.35. The molecule has 0 bridgehead atoms. The van der Waals surface area contributed by atoms with Crippen LogP contribution in [0.2, 0.25) is 5.02 Å². The van der Waals surface area contributed by atoms with Crippen LogP contribution in [0.5, 0.6) is 0 Å². The summed E-state index contributed by atoms with van der Waals surface area (Å²) in [5, 5.41) is 10.9. The predicted octanol–water partition coefficient (Wildman–Crippen LogP) is 4.85. The molecule has 1 fully saturated rings. The largest absolute Gasteiger partial charge is 0.378 e. The number of rotatable bonds is 3. The van der Waals surface area contributed by atoms with Crippen molar-refractivity contribution in [2.24, 2.45) is 0 Å². The standard InChI is InChI=1S/C20H16ClN3OS/c21-16-3-6-19-18(12-16)23-20(26-19)15(13-22)11-14-1-4-17(5-2-14)24-7-9-25-10-8-24/h1-6,11-12H,7-10H2/b15-11+. The van der Waals surface area contributed by atoms with Crippen LogP contribution in [-0.2, 0) is 4.74 Å². The average Bonchev–Trinajstić information content (AvgIpc) is 3.10. The number of ether oxygens (including phenoxy) is 1. The van der Waals surface area contributed by atoms with E-state index in [4.69, 9.17) is 16.3 Å². The molecule has 0 radical (unpaired) electrons. The highest BCUT2D eigenvalue weighted by Crippen LogP contribution is 2.30. The van der Waals surface area contributed by atoms with Crippen molar-refractivity contribution in [1.29, 1.82) is 5.26 Å². The fraction of sp³-hybridized carbons (Fsp3) is 0.200. The maximum atomic E-state index is 9.58. The molecule has 0 atom stereocenters. The Kier molecular flexibility index (Phi) is 4.89. The topological polar surface area (TPSA) is 49.2 Å². The van der Waals surface area contributed by atoms with Gasteiger partial charge in [0.1, 0.15) is 11.1 Å². The van der Waals surface area contributed by atoms with Gasteiger partial charge in [0.25, 0.3) is 0 Å². The average molecular weight is 382 g/mol. The zero-order chi connectivity index (χ0) is 17.9. The van der Waals surface area contributed by atoms with Crippen LogP contribution < -0.4 is 4.90 Å². The lowest BCUT2D eigenvalue weighted by molar-refractivity contribution is 0.122. The molecule has 1 saturated heterocycles. The number of allylic oxidation sites excluding steroid dienone is 1. The molecule has 0 saturated carbocycles. The number of anilines is 1. The van der Waals surface area contributed by atoms with Gasteiger partial charge in [0.15, 0.2) is 0 Å². The van der Waals surface area contributed by atoms with Gasteiger partial charge in [0.2, 0.25) is 0 Å². The first kappa shape index (κ1) is 17.0. The lowest BCUT2D eigenvalue weighted by atomic mass is 10.1. The van der Waals surface area contributed by atoms with Crippen molar-refractivity contribution in [2.45, 2.75) is 0 Å². The van der Waals surface area contributed by atoms with Gasteiger partial charge in [-0.3, -0.25) is 0 Å². The minimum Gasteiger partial charge on any atom is -0.378 e. The van der Waals surface area contributed by atoms with Gasteiger partial charge in [-0.15, -0.1) is 11.3 Å². The number of morpholine rings is 1. The molecule has 1 aliphatic heterocycles. The zero-order valence-corrected chi connectivity index (χ0v) is 15.6. The smallest absolute Gasteiger partial charge is 0.135 e. The number of halogens is 1. The van der Waals surface area contributed by atoms with Gasteiger partial charge >= 0.3 is 0 Å². The maximum absolute atomic E-state index is 9.58. The Morgan fingerprint density at radius 2 is 1.96 bits per heavy atom. The molecule has 1 aromatic heterocycles. The van der Waals surface area contributed by atoms with Crippen molar-refractivity contribution in [3.05, 3.63) is 58.1 Å². The first-order chi connectivity index (χ1) is 12.7. The molecule has 1 aliphatic rings. The molecule has 2 heterocycles. The number of thiazole rings is 1. The molecule has 4 rings (SSSR count). The van der Waals surface area contributed by atoms with Crippen LogP contribution in [0.15, 0.2) is 42.5 Å². The molecule has 3 aromatic rings. The minimum absolute atomic E-state index is 0.557. The monoisotopic (exact) mass is 381 g/mol. The third-order valence-corrected chi connectivity index (χ3v) is 5.59. The second-order valence-corrected chi connectivity index (χ2v) is 7.46. The van der Waals surface area contributed by atoms with Crippen molar-refractivity contribution >= 4 is 50.5 Å². The van der Waals surface area contributed by atoms with E-state index in [2.05, 4.69) is 28.1 Å². The van der Waals surface area contributed by atoms with Gasteiger partial charge in [0, 0.05) is 23.8 Å². The van der Waals surface area contributed by atoms with E-state index in [1.165, 1.54) is 17.0 Å². The quantitative estimate of drug-likeness (QED) is 0.608. The highest BCUT2D eigenvalue weighted by Gasteiger charge is 2.12. The first-order valence-corrected chi connectivity index (χ1v) is 9.53. The van der Waals surface area contributed by atoms with Gasteiger partial charge in [-0.25, -0.2) is 4.98 Å². The molecule has 130 valence electrons. The van der Waals surface area contributed by atoms with E-state index in [0.717, 1.165) is 42.1 Å². The summed E-state index contributed by atoms with van der Waals surface area (Å²) in [6.07, 6.45) is 1.88. The third-order valence-electron chi connectivity index (χ3n) is 4.28. The molecule has 6 heteroatoms. The van der Waals surface area contributed by atoms with Crippen LogP contribution in [0.4, 0.5) is 5.69 Å². The number of benzene rings is 2. The van der Waals surface area contributed by atoms with Crippen molar-refractivity contribution in [3.63, 3.8) is 0 Å². The van der Waals surface area contributed by atoms with Crippen molar-refractivity contribution in [1.82, 2.24) is 4.98 Å². The summed E-state index contributed by atoms with van der Waals surface area (Å²) in [4.78, 5) is 6.86. The van der Waals surface area contributed by atoms with E-state index in [1.807, 2.05) is 36.4 Å². The lowest BCUT2D eigenvalue weighted by Crippen LogP contribution is -2.36. The van der Waals surface area contributed by atoms with E-state index in [1.54, 1.807) is 0 Å². The Morgan fingerprint density at radius 3 is 2.69 bits per heavy atom. The molecule has 0 spiro atoms. The summed E-state index contributed by atoms with van der Waals surface area (Å²) in [7, 11) is 0. The second kappa shape index (κ2) is 7.46. The van der Waals surface area contributed by atoms with E-state index in [-0.39, 0.29) is 0 Å². The number of fused-ring (bicyclic) bond motifs is 1. The fourth-order valence-electron chi connectivity index (χ4n) is 2.93. The van der Waals surface area contributed by atoms with Crippen LogP contribution in [0.1, 0.15) is 10.6 Å². The summed E-state index contributed by atoms with van der Waals surface area (Å²) in [5.41, 5.74) is 3.54. The number of hydrogen-bond acceptors (Lipinski definition) is 5. The van der Waals surface area contributed by atoms with E-state index < -0.39 is 0 Å². The number of nitriles is 1. The lowest BCUT2D eigenvalue weighted by Gasteiger charge is -2.28. The molecular formula is C20H16ClN3OS. The first-order valence-electron chi connectivity index (χ1n) is 8.34. The van der Waals surface area contributed by atoms with Crippen LogP contribution in [0, 0.1) is 11.3 Å². The highest BCUT2D eigenvalue weighted by atomic mass is 35.5. The molecule has 2 aromatic carbocycles. The molecule has 26 heavy (non-hydrogen) atoms. The summed E-state index contributed by atoms with van der Waals surface area (Å²) < 4.78 is 6.41. The van der Waals surface area contributed by atoms with Crippen molar-refractivity contribution in [3.8, 4) is 6.07 Å². The highest BCUT2D eigenvalue weighted by molar-refractivity contribution is 7.19. The SMILES string of the molecule is N#C/C(=C\c1ccc(N2CCOCC2)cc1)c1nc2cc(Cl)ccc2s1. The van der Waals surface area contributed by atoms with Gasteiger partial charge in [-0.05, 0) is 42.0 Å². The molecule has 0 unspecified atom stereocenters. The van der Waals surface area contributed by atoms with E-state index in [0.29, 0.717) is 15.6 Å². The predicted molar refractivity (Wildman–Crippen MR) is 108 cm³/mol. The Labute approximate surface area is 160 Å². The molecular weight excluding hydrogens is 366 g/mol. The fourth-order valence-corrected chi connectivity index (χ4v) is 4.01. The van der Waals surface area contributed by atoms with Crippen LogP contribution in [0.25, 0.3) is 21.9 Å². The maximum Gasteiger partial charge on any atom is 0.135 e. The number of aromatic nitrogens is 1. The van der Waals surface area contributed by atoms with Crippen LogP contribution in [0.3, 0.4) is 0 Å². The Bertz CT molecular complexity index is 998. The molecule has 4 nitrogen and oxygen atoms in total. The van der Waals surface area contributed by atoms with Gasteiger partial charge in [0.05, 0.1) is 29.0 Å². The third kappa shape index (κ3) is 3.58. The zero-order valence-electron chi connectivity index (χ0n) is 14.0. The van der Waals surface area contributed by atoms with Crippen LogP contribution >= 0.6 is 22.9 Å². The van der Waals surface area contributed by atoms with E-state index in [9.17, 15) is 5.26 Å². The summed E-state index contributed by atoms with van der Waals surface area (Å²) in [5.74, 6) is 0. The minimum atomic E-state index is 0.557. The summed E-state index contributed by atoms with van der Waals surface area (Å²) in [6, 6.07) is 16.1. The van der Waals surface area contributed by atoms with Crippen molar-refractivity contribution in [2.75, 3.05) is 31.2 Å². The molecule has 0 aliphatic carbocycles. The van der Waals surface area contributed by atoms with Gasteiger partial charge < -0.3 is 9.64 Å². The number of hydrogen-bond donors (Lipinski definition) is 0. The molecule has 0 N–H and O–H groups in total. The Balaban J connectivity index is 1.61. The normalized spacial score (nSPS) is 15.2. The Morgan fingerprint density at radius 1 is 1.19 bits per heavy atom. The molecule has 0 amide bonds. The number of nitrogens with zero attached hydrogens (tertiary/aromatic N) is 3. The van der Waals surface area contributed by atoms with Crippen LogP contribution in [-0.4, -0.2) is 31.3 Å². The second-order valence-electron chi connectivity index (χ2n) is 5.99. The Hall–Kier alpha value is -2.39. The summed E-state index contributed by atoms with van der Waals surface area (Å²) >= 11 is 7.52. The van der Waals surface area contributed by atoms with E-state index >= 15 is 0 Å². The van der Waals surface area contributed by atoms with Crippen molar-refractivity contribution < 1.29 is 4.74 Å². The van der Waals surface area contributed by atoms with Gasteiger partial charge in [-0.2, -0.15) is 5.26 Å². The van der Waals surface area contributed by atoms with Gasteiger partial charge in [-0.1, -0.05) is 23.7 Å².